The number of ether oxygens (including phenoxy) is 1. The number of nitrogens with one attached hydrogen (secondary N) is 1. The number of hydrogen-bond acceptors (Lipinski definition) is 3. The van der Waals surface area contributed by atoms with Crippen molar-refractivity contribution in [3.05, 3.63) is 12.7 Å². The van der Waals surface area contributed by atoms with Crippen molar-refractivity contribution in [2.24, 2.45) is 0 Å². The van der Waals surface area contributed by atoms with Gasteiger partial charge in [-0.2, -0.15) is 0 Å². The second-order valence-corrected chi connectivity index (χ2v) is 3.72. The van der Waals surface area contributed by atoms with Gasteiger partial charge in [0.25, 0.3) is 0 Å². The molecule has 0 bridgehead atoms. The van der Waals surface area contributed by atoms with Crippen molar-refractivity contribution in [2.75, 3.05) is 33.3 Å². The van der Waals surface area contributed by atoms with Gasteiger partial charge < -0.3 is 15.0 Å². The van der Waals surface area contributed by atoms with Crippen LogP contribution in [0, 0.1) is 0 Å². The molecule has 1 unspecified atom stereocenters. The number of likely N-dealkylation sites (N-methyl/N-ethyl adjacent to an activating group) is 1. The molecule has 1 fully saturated rings. The first kappa shape index (κ1) is 12.2. The first-order chi connectivity index (χ1) is 7.27. The summed E-state index contributed by atoms with van der Waals surface area (Å²) in [4.78, 5) is 13.6. The molecule has 1 heterocycles. The van der Waals surface area contributed by atoms with Crippen molar-refractivity contribution >= 4 is 5.91 Å². The van der Waals surface area contributed by atoms with Crippen LogP contribution in [-0.2, 0) is 9.53 Å². The molecule has 1 saturated heterocycles. The summed E-state index contributed by atoms with van der Waals surface area (Å²) < 4.78 is 5.53. The molecule has 0 aromatic heterocycles. The van der Waals surface area contributed by atoms with E-state index in [9.17, 15) is 4.79 Å². The Hall–Kier alpha value is -0.870. The number of nitrogens with zero attached hydrogens (tertiary/aromatic N) is 1. The quantitative estimate of drug-likeness (QED) is 0.671. The highest BCUT2D eigenvalue weighted by molar-refractivity contribution is 5.76. The Morgan fingerprint density at radius 3 is 3.20 bits per heavy atom. The predicted octanol–water partition coefficient (Wildman–Crippen LogP) is 0.399. The highest BCUT2D eigenvalue weighted by atomic mass is 16.5. The molecule has 4 nitrogen and oxygen atoms in total. The van der Waals surface area contributed by atoms with Crippen LogP contribution in [0.15, 0.2) is 12.7 Å². The molecule has 0 saturated carbocycles. The third-order valence-corrected chi connectivity index (χ3v) is 2.49. The third kappa shape index (κ3) is 4.01. The number of rotatable bonds is 5. The Kier molecular flexibility index (Phi) is 5.36. The number of hydrogen-bond donors (Lipinski definition) is 1. The molecule has 0 aromatic rings. The Morgan fingerprint density at radius 1 is 1.73 bits per heavy atom. The van der Waals surface area contributed by atoms with E-state index in [1.165, 1.54) is 0 Å². The molecule has 1 N–H and O–H groups in total. The van der Waals surface area contributed by atoms with Crippen molar-refractivity contribution < 1.29 is 9.53 Å². The van der Waals surface area contributed by atoms with Crippen molar-refractivity contribution in [1.82, 2.24) is 10.2 Å². The monoisotopic (exact) mass is 212 g/mol. The van der Waals surface area contributed by atoms with Gasteiger partial charge in [-0.05, 0) is 13.5 Å². The summed E-state index contributed by atoms with van der Waals surface area (Å²) in [5, 5.41) is 3.06. The molecule has 0 aromatic carbocycles. The van der Waals surface area contributed by atoms with Crippen molar-refractivity contribution in [2.45, 2.75) is 18.9 Å². The van der Waals surface area contributed by atoms with Gasteiger partial charge in [0.2, 0.25) is 5.91 Å². The predicted molar refractivity (Wildman–Crippen MR) is 59.7 cm³/mol. The van der Waals surface area contributed by atoms with E-state index in [-0.39, 0.29) is 12.0 Å². The molecule has 1 aliphatic heterocycles. The van der Waals surface area contributed by atoms with Crippen LogP contribution >= 0.6 is 0 Å². The molecule has 15 heavy (non-hydrogen) atoms. The second-order valence-electron chi connectivity index (χ2n) is 3.72. The van der Waals surface area contributed by atoms with Crippen LogP contribution in [0.3, 0.4) is 0 Å². The average molecular weight is 212 g/mol. The zero-order valence-electron chi connectivity index (χ0n) is 9.37. The van der Waals surface area contributed by atoms with Crippen LogP contribution in [0.4, 0.5) is 0 Å². The fourth-order valence-electron chi connectivity index (χ4n) is 1.68. The van der Waals surface area contributed by atoms with Crippen LogP contribution in [0.2, 0.25) is 0 Å². The summed E-state index contributed by atoms with van der Waals surface area (Å²) in [6.45, 7) is 6.48. The first-order valence-corrected chi connectivity index (χ1v) is 5.42. The molecule has 4 heteroatoms. The number of morpholine rings is 1. The lowest BCUT2D eigenvalue weighted by Crippen LogP contribution is -2.48. The average Bonchev–Trinajstić information content (AvgIpc) is 2.27. The van der Waals surface area contributed by atoms with E-state index < -0.39 is 0 Å². The molecule has 0 radical (unpaired) electrons. The molecule has 0 aliphatic carbocycles. The zero-order valence-corrected chi connectivity index (χ0v) is 9.37. The van der Waals surface area contributed by atoms with Gasteiger partial charge >= 0.3 is 0 Å². The number of amides is 1. The van der Waals surface area contributed by atoms with E-state index in [1.807, 2.05) is 11.9 Å². The lowest BCUT2D eigenvalue weighted by atomic mass is 10.2. The van der Waals surface area contributed by atoms with E-state index in [2.05, 4.69) is 11.9 Å². The van der Waals surface area contributed by atoms with Gasteiger partial charge in [0, 0.05) is 26.1 Å². The van der Waals surface area contributed by atoms with Gasteiger partial charge in [-0.25, -0.2) is 0 Å². The minimum atomic E-state index is 0.136. The summed E-state index contributed by atoms with van der Waals surface area (Å²) in [6.07, 6.45) is 3.24. The molecule has 1 amide bonds. The van der Waals surface area contributed by atoms with Crippen LogP contribution < -0.4 is 5.32 Å². The topological polar surface area (TPSA) is 41.6 Å². The van der Waals surface area contributed by atoms with Crippen molar-refractivity contribution in [3.8, 4) is 0 Å². The Morgan fingerprint density at radius 2 is 2.53 bits per heavy atom. The van der Waals surface area contributed by atoms with E-state index >= 15 is 0 Å². The minimum Gasteiger partial charge on any atom is -0.373 e. The fraction of sp³-hybridized carbons (Fsp3) is 0.727. The maximum Gasteiger partial charge on any atom is 0.223 e. The SMILES string of the molecule is C=CCCC(=O)N1CCOC(CNC)C1. The molecule has 1 aliphatic rings. The van der Waals surface area contributed by atoms with Gasteiger partial charge in [-0.15, -0.1) is 6.58 Å². The van der Waals surface area contributed by atoms with Crippen LogP contribution in [0.5, 0.6) is 0 Å². The van der Waals surface area contributed by atoms with Crippen LogP contribution in [0.25, 0.3) is 0 Å². The molecule has 0 spiro atoms. The number of allylic oxidation sites excluding steroid dienone is 1. The van der Waals surface area contributed by atoms with Crippen LogP contribution in [-0.4, -0.2) is 50.2 Å². The van der Waals surface area contributed by atoms with Gasteiger partial charge in [0.1, 0.15) is 0 Å². The normalized spacial score (nSPS) is 21.4. The third-order valence-electron chi connectivity index (χ3n) is 2.49. The Labute approximate surface area is 91.3 Å². The van der Waals surface area contributed by atoms with Gasteiger partial charge in [0.05, 0.1) is 12.7 Å². The van der Waals surface area contributed by atoms with E-state index in [0.29, 0.717) is 19.6 Å². The maximum absolute atomic E-state index is 11.7. The van der Waals surface area contributed by atoms with Gasteiger partial charge in [0.15, 0.2) is 0 Å². The largest absolute Gasteiger partial charge is 0.373 e. The van der Waals surface area contributed by atoms with Crippen LogP contribution in [0.1, 0.15) is 12.8 Å². The molecule has 86 valence electrons. The van der Waals surface area contributed by atoms with E-state index in [4.69, 9.17) is 4.74 Å². The Balaban J connectivity index is 2.34. The maximum atomic E-state index is 11.7. The standard InChI is InChI=1S/C11H20N2O2/c1-3-4-5-11(14)13-6-7-15-10(9-13)8-12-2/h3,10,12H,1,4-9H2,2H3. The van der Waals surface area contributed by atoms with E-state index in [1.54, 1.807) is 6.08 Å². The zero-order chi connectivity index (χ0) is 11.1. The number of carbonyl (C=O) groups excluding carboxylic acids is 1. The first-order valence-electron chi connectivity index (χ1n) is 5.42. The summed E-state index contributed by atoms with van der Waals surface area (Å²) in [7, 11) is 1.89. The van der Waals surface area contributed by atoms with Crippen molar-refractivity contribution in [1.29, 1.82) is 0 Å². The van der Waals surface area contributed by atoms with E-state index in [0.717, 1.165) is 19.5 Å². The smallest absolute Gasteiger partial charge is 0.223 e. The highest BCUT2D eigenvalue weighted by Crippen LogP contribution is 2.07. The van der Waals surface area contributed by atoms with Gasteiger partial charge in [-0.1, -0.05) is 6.08 Å². The van der Waals surface area contributed by atoms with Crippen molar-refractivity contribution in [3.63, 3.8) is 0 Å². The molecular weight excluding hydrogens is 192 g/mol. The summed E-state index contributed by atoms with van der Waals surface area (Å²) >= 11 is 0. The van der Waals surface area contributed by atoms with Gasteiger partial charge in [-0.3, -0.25) is 4.79 Å². The fourth-order valence-corrected chi connectivity index (χ4v) is 1.68. The summed E-state index contributed by atoms with van der Waals surface area (Å²) in [6, 6.07) is 0. The number of carbonyl (C=O) groups is 1. The minimum absolute atomic E-state index is 0.136. The highest BCUT2D eigenvalue weighted by Gasteiger charge is 2.22. The summed E-state index contributed by atoms with van der Waals surface area (Å²) in [5.74, 6) is 0.208. The molecule has 1 atom stereocenters. The Bertz CT molecular complexity index is 217. The summed E-state index contributed by atoms with van der Waals surface area (Å²) in [5.41, 5.74) is 0. The molecular formula is C11H20N2O2. The second kappa shape index (κ2) is 6.58. The molecule has 1 rings (SSSR count). The lowest BCUT2D eigenvalue weighted by molar-refractivity contribution is -0.138. The lowest BCUT2D eigenvalue weighted by Gasteiger charge is -2.32.